The molecule has 0 bridgehead atoms. The predicted molar refractivity (Wildman–Crippen MR) is 103 cm³/mol. The second-order valence-corrected chi connectivity index (χ2v) is 6.27. The Morgan fingerprint density at radius 2 is 1.39 bits per heavy atom. The maximum absolute atomic E-state index is 13.7. The Hall–Kier alpha value is -3.54. The molecule has 0 fully saturated rings. The van der Waals surface area contributed by atoms with E-state index in [1.807, 2.05) is 30.3 Å². The monoisotopic (exact) mass is 380 g/mol. The first-order valence-electron chi connectivity index (χ1n) is 8.60. The number of anilines is 1. The van der Waals surface area contributed by atoms with Crippen molar-refractivity contribution in [1.82, 2.24) is 4.90 Å². The van der Waals surface area contributed by atoms with Crippen molar-refractivity contribution in [2.75, 3.05) is 12.4 Å². The van der Waals surface area contributed by atoms with Crippen LogP contribution in [-0.4, -0.2) is 23.8 Å². The van der Waals surface area contributed by atoms with E-state index in [-0.39, 0.29) is 11.5 Å². The van der Waals surface area contributed by atoms with Gasteiger partial charge in [-0.1, -0.05) is 36.4 Å². The lowest BCUT2D eigenvalue weighted by Gasteiger charge is -2.17. The normalized spacial score (nSPS) is 10.4. The summed E-state index contributed by atoms with van der Waals surface area (Å²) >= 11 is 0. The van der Waals surface area contributed by atoms with E-state index in [0.717, 1.165) is 17.7 Å². The smallest absolute Gasteiger partial charge is 0.255 e. The fourth-order valence-corrected chi connectivity index (χ4v) is 2.72. The number of hydrogen-bond donors (Lipinski definition) is 1. The van der Waals surface area contributed by atoms with Crippen LogP contribution in [0.2, 0.25) is 0 Å². The van der Waals surface area contributed by atoms with Crippen molar-refractivity contribution < 1.29 is 18.4 Å². The van der Waals surface area contributed by atoms with Crippen LogP contribution < -0.4 is 5.32 Å². The molecule has 28 heavy (non-hydrogen) atoms. The minimum absolute atomic E-state index is 0.185. The Morgan fingerprint density at radius 3 is 2.00 bits per heavy atom. The van der Waals surface area contributed by atoms with Gasteiger partial charge in [-0.05, 0) is 42.0 Å². The first-order chi connectivity index (χ1) is 13.5. The van der Waals surface area contributed by atoms with E-state index in [1.54, 1.807) is 11.9 Å². The third-order valence-electron chi connectivity index (χ3n) is 4.20. The zero-order valence-corrected chi connectivity index (χ0v) is 15.2. The van der Waals surface area contributed by atoms with Crippen LogP contribution in [0.4, 0.5) is 14.5 Å². The fraction of sp³-hybridized carbons (Fsp3) is 0.0909. The third-order valence-corrected chi connectivity index (χ3v) is 4.20. The predicted octanol–water partition coefficient (Wildman–Crippen LogP) is 4.49. The summed E-state index contributed by atoms with van der Waals surface area (Å²) in [6, 6.07) is 18.8. The van der Waals surface area contributed by atoms with Gasteiger partial charge in [0.15, 0.2) is 0 Å². The summed E-state index contributed by atoms with van der Waals surface area (Å²) in [4.78, 5) is 26.3. The van der Waals surface area contributed by atoms with Gasteiger partial charge in [0.05, 0.1) is 0 Å². The molecule has 142 valence electrons. The summed E-state index contributed by atoms with van der Waals surface area (Å²) in [6.45, 7) is 0.453. The van der Waals surface area contributed by atoms with E-state index in [1.165, 1.54) is 30.3 Å². The highest BCUT2D eigenvalue weighted by molar-refractivity contribution is 6.05. The number of carbonyl (C=O) groups is 2. The Labute approximate surface area is 161 Å². The van der Waals surface area contributed by atoms with Crippen LogP contribution in [0.5, 0.6) is 0 Å². The zero-order valence-electron chi connectivity index (χ0n) is 15.2. The average molecular weight is 380 g/mol. The lowest BCUT2D eigenvalue weighted by atomic mass is 10.1. The number of benzene rings is 3. The van der Waals surface area contributed by atoms with E-state index in [2.05, 4.69) is 5.32 Å². The van der Waals surface area contributed by atoms with Gasteiger partial charge in [-0.25, -0.2) is 8.78 Å². The molecular formula is C22H18F2N2O2. The summed E-state index contributed by atoms with van der Waals surface area (Å²) in [5, 5.41) is 2.21. The second-order valence-electron chi connectivity index (χ2n) is 6.27. The molecule has 0 radical (unpaired) electrons. The molecule has 0 saturated carbocycles. The molecule has 0 saturated heterocycles. The van der Waals surface area contributed by atoms with E-state index in [4.69, 9.17) is 0 Å². The summed E-state index contributed by atoms with van der Waals surface area (Å²) in [5.74, 6) is -2.58. The largest absolute Gasteiger partial charge is 0.337 e. The van der Waals surface area contributed by atoms with Gasteiger partial charge in [0, 0.05) is 24.7 Å². The first-order valence-corrected chi connectivity index (χ1v) is 8.60. The molecule has 0 spiro atoms. The zero-order chi connectivity index (χ0) is 20.1. The molecule has 0 heterocycles. The van der Waals surface area contributed by atoms with Crippen molar-refractivity contribution in [2.24, 2.45) is 0 Å². The van der Waals surface area contributed by atoms with Crippen molar-refractivity contribution in [3.05, 3.63) is 101 Å². The lowest BCUT2D eigenvalue weighted by Crippen LogP contribution is -2.26. The third kappa shape index (κ3) is 4.40. The molecular weight excluding hydrogens is 362 g/mol. The van der Waals surface area contributed by atoms with E-state index in [0.29, 0.717) is 12.1 Å². The number of para-hydroxylation sites is 1. The van der Waals surface area contributed by atoms with Crippen molar-refractivity contribution in [3.8, 4) is 0 Å². The molecule has 6 heteroatoms. The van der Waals surface area contributed by atoms with E-state index in [9.17, 15) is 18.4 Å². The molecule has 3 aromatic carbocycles. The van der Waals surface area contributed by atoms with Crippen molar-refractivity contribution in [3.63, 3.8) is 0 Å². The topological polar surface area (TPSA) is 49.4 Å². The molecule has 0 aromatic heterocycles. The maximum atomic E-state index is 13.7. The van der Waals surface area contributed by atoms with Crippen molar-refractivity contribution in [1.29, 1.82) is 0 Å². The Balaban J connectivity index is 1.68. The minimum atomic E-state index is -0.859. The van der Waals surface area contributed by atoms with Crippen LogP contribution in [0.15, 0.2) is 72.8 Å². The van der Waals surface area contributed by atoms with Crippen LogP contribution >= 0.6 is 0 Å². The number of halogens is 2. The second kappa shape index (κ2) is 8.43. The molecule has 0 atom stereocenters. The first kappa shape index (κ1) is 19.2. The van der Waals surface area contributed by atoms with E-state index >= 15 is 0 Å². The summed E-state index contributed by atoms with van der Waals surface area (Å²) in [6.07, 6.45) is 0. The van der Waals surface area contributed by atoms with Gasteiger partial charge >= 0.3 is 0 Å². The SMILES string of the molecule is CN(Cc1ccccc1)C(=O)c1ccc(C(=O)Nc2c(F)cccc2F)cc1. The molecule has 0 aliphatic rings. The molecule has 0 unspecified atom stereocenters. The summed E-state index contributed by atoms with van der Waals surface area (Å²) < 4.78 is 27.3. The van der Waals surface area contributed by atoms with Crippen molar-refractivity contribution in [2.45, 2.75) is 6.54 Å². The highest BCUT2D eigenvalue weighted by Gasteiger charge is 2.15. The van der Waals surface area contributed by atoms with Gasteiger partial charge in [-0.2, -0.15) is 0 Å². The maximum Gasteiger partial charge on any atom is 0.255 e. The summed E-state index contributed by atoms with van der Waals surface area (Å²) in [7, 11) is 1.69. The number of nitrogens with one attached hydrogen (secondary N) is 1. The molecule has 4 nitrogen and oxygen atoms in total. The van der Waals surface area contributed by atoms with Gasteiger partial charge in [0.25, 0.3) is 11.8 Å². The number of nitrogens with zero attached hydrogens (tertiary/aromatic N) is 1. The Kier molecular flexibility index (Phi) is 5.79. The van der Waals surface area contributed by atoms with Crippen molar-refractivity contribution >= 4 is 17.5 Å². The standard InChI is InChI=1S/C22H18F2N2O2/c1-26(14-15-6-3-2-4-7-15)22(28)17-12-10-16(11-13-17)21(27)25-20-18(23)8-5-9-19(20)24/h2-13H,14H2,1H3,(H,25,27). The van der Waals surface area contributed by atoms with Crippen LogP contribution in [0.3, 0.4) is 0 Å². The quantitative estimate of drug-likeness (QED) is 0.709. The molecule has 1 N–H and O–H groups in total. The minimum Gasteiger partial charge on any atom is -0.337 e. The van der Waals surface area contributed by atoms with Crippen LogP contribution in [0.25, 0.3) is 0 Å². The average Bonchev–Trinajstić information content (AvgIpc) is 2.71. The van der Waals surface area contributed by atoms with Crippen LogP contribution in [0.1, 0.15) is 26.3 Å². The Morgan fingerprint density at radius 1 is 0.821 bits per heavy atom. The van der Waals surface area contributed by atoms with E-state index < -0.39 is 23.2 Å². The number of amides is 2. The van der Waals surface area contributed by atoms with Gasteiger partial charge in [0.2, 0.25) is 0 Å². The van der Waals surface area contributed by atoms with Gasteiger partial charge in [-0.15, -0.1) is 0 Å². The highest BCUT2D eigenvalue weighted by Crippen LogP contribution is 2.19. The van der Waals surface area contributed by atoms with Crippen LogP contribution in [0, 0.1) is 11.6 Å². The fourth-order valence-electron chi connectivity index (χ4n) is 2.72. The van der Waals surface area contributed by atoms with Gasteiger partial charge in [0.1, 0.15) is 17.3 Å². The number of hydrogen-bond acceptors (Lipinski definition) is 2. The Bertz CT molecular complexity index is 969. The van der Waals surface area contributed by atoms with Gasteiger partial charge in [-0.3, -0.25) is 9.59 Å². The molecule has 0 aliphatic heterocycles. The molecule has 2 amide bonds. The molecule has 3 aromatic rings. The highest BCUT2D eigenvalue weighted by atomic mass is 19.1. The number of carbonyl (C=O) groups excluding carboxylic acids is 2. The van der Waals surface area contributed by atoms with Gasteiger partial charge < -0.3 is 10.2 Å². The lowest BCUT2D eigenvalue weighted by molar-refractivity contribution is 0.0784. The van der Waals surface area contributed by atoms with Crippen LogP contribution in [-0.2, 0) is 6.54 Å². The number of rotatable bonds is 5. The molecule has 0 aliphatic carbocycles. The molecule has 3 rings (SSSR count). The summed E-state index contributed by atoms with van der Waals surface area (Å²) in [5.41, 5.74) is 1.09.